The Bertz CT molecular complexity index is 426. The summed E-state index contributed by atoms with van der Waals surface area (Å²) in [5.74, 6) is -0.00814. The largest absolute Gasteiger partial charge is 0.383 e. The highest BCUT2D eigenvalue weighted by atomic mass is 35.5. The van der Waals surface area contributed by atoms with E-state index in [1.807, 2.05) is 11.0 Å². The van der Waals surface area contributed by atoms with E-state index in [0.29, 0.717) is 0 Å². The topological polar surface area (TPSA) is 58.8 Å². The Balaban J connectivity index is 0.00000220. The van der Waals surface area contributed by atoms with E-state index < -0.39 is 6.04 Å². The molecular formula is C15H25Cl2N3O2. The fraction of sp³-hybridized carbons (Fsp3) is 0.533. The molecule has 1 aromatic carbocycles. The van der Waals surface area contributed by atoms with Gasteiger partial charge in [-0.25, -0.2) is 0 Å². The average molecular weight is 350 g/mol. The standard InChI is InChI=1S/C15H23N3O2.2ClH/c1-20-12-14(16)15(19)18-9-7-17(8-10-18)11-13-5-3-2-4-6-13;;/h2-6,14H,7-12,16H2,1H3;2*1H. The molecule has 2 rings (SSSR count). The molecule has 0 spiro atoms. The van der Waals surface area contributed by atoms with E-state index in [1.165, 1.54) is 5.56 Å². The van der Waals surface area contributed by atoms with Crippen LogP contribution in [0.15, 0.2) is 30.3 Å². The Morgan fingerprint density at radius 1 is 1.18 bits per heavy atom. The average Bonchev–Trinajstić information content (AvgIpc) is 2.48. The van der Waals surface area contributed by atoms with Crippen molar-refractivity contribution in [2.24, 2.45) is 5.73 Å². The predicted octanol–water partition coefficient (Wildman–Crippen LogP) is 1.15. The third-order valence-electron chi connectivity index (χ3n) is 3.60. The molecule has 22 heavy (non-hydrogen) atoms. The van der Waals surface area contributed by atoms with Gasteiger partial charge in [0.2, 0.25) is 5.91 Å². The summed E-state index contributed by atoms with van der Waals surface area (Å²) in [6, 6.07) is 9.85. The van der Waals surface area contributed by atoms with Crippen molar-refractivity contribution in [1.29, 1.82) is 0 Å². The van der Waals surface area contributed by atoms with Crippen LogP contribution in [0.3, 0.4) is 0 Å². The Kier molecular flexibility index (Phi) is 10.4. The Labute approximate surface area is 144 Å². The number of piperazine rings is 1. The van der Waals surface area contributed by atoms with Crippen molar-refractivity contribution in [3.05, 3.63) is 35.9 Å². The van der Waals surface area contributed by atoms with Gasteiger partial charge in [-0.05, 0) is 5.56 Å². The first-order chi connectivity index (χ1) is 9.70. The highest BCUT2D eigenvalue weighted by molar-refractivity contribution is 5.85. The second-order valence-corrected chi connectivity index (χ2v) is 5.15. The van der Waals surface area contributed by atoms with Gasteiger partial charge in [-0.3, -0.25) is 9.69 Å². The van der Waals surface area contributed by atoms with Crippen molar-refractivity contribution in [2.75, 3.05) is 39.9 Å². The summed E-state index contributed by atoms with van der Waals surface area (Å²) >= 11 is 0. The molecule has 1 atom stereocenters. The number of nitrogens with zero attached hydrogens (tertiary/aromatic N) is 2. The van der Waals surface area contributed by atoms with Gasteiger partial charge in [-0.1, -0.05) is 30.3 Å². The number of rotatable bonds is 5. The van der Waals surface area contributed by atoms with Gasteiger partial charge in [0.15, 0.2) is 0 Å². The number of amides is 1. The molecule has 1 amide bonds. The minimum atomic E-state index is -0.541. The number of carbonyl (C=O) groups is 1. The number of ether oxygens (including phenoxy) is 1. The highest BCUT2D eigenvalue weighted by Gasteiger charge is 2.25. The summed E-state index contributed by atoms with van der Waals surface area (Å²) in [5, 5.41) is 0. The summed E-state index contributed by atoms with van der Waals surface area (Å²) in [6.45, 7) is 4.48. The van der Waals surface area contributed by atoms with Gasteiger partial charge < -0.3 is 15.4 Å². The molecule has 1 aliphatic heterocycles. The molecule has 0 radical (unpaired) electrons. The predicted molar refractivity (Wildman–Crippen MR) is 92.6 cm³/mol. The first kappa shape index (κ1) is 21.1. The third kappa shape index (κ3) is 6.10. The number of nitrogens with two attached hydrogens (primary N) is 1. The summed E-state index contributed by atoms with van der Waals surface area (Å²) in [5.41, 5.74) is 7.10. The van der Waals surface area contributed by atoms with Gasteiger partial charge in [0.1, 0.15) is 6.04 Å². The van der Waals surface area contributed by atoms with Crippen LogP contribution in [0.4, 0.5) is 0 Å². The van der Waals surface area contributed by atoms with E-state index in [2.05, 4.69) is 29.2 Å². The molecule has 1 fully saturated rings. The smallest absolute Gasteiger partial charge is 0.241 e. The number of hydrogen-bond acceptors (Lipinski definition) is 4. The minimum absolute atomic E-state index is 0. The van der Waals surface area contributed by atoms with E-state index in [9.17, 15) is 4.79 Å². The quantitative estimate of drug-likeness (QED) is 0.866. The summed E-state index contributed by atoms with van der Waals surface area (Å²) in [6.07, 6.45) is 0. The lowest BCUT2D eigenvalue weighted by atomic mass is 10.2. The summed E-state index contributed by atoms with van der Waals surface area (Å²) in [4.78, 5) is 16.3. The lowest BCUT2D eigenvalue weighted by Gasteiger charge is -2.35. The molecule has 0 aliphatic carbocycles. The summed E-state index contributed by atoms with van der Waals surface area (Å²) < 4.78 is 4.93. The first-order valence-electron chi connectivity index (χ1n) is 7.00. The zero-order valence-corrected chi connectivity index (χ0v) is 14.4. The molecule has 1 saturated heterocycles. The molecule has 7 heteroatoms. The maximum Gasteiger partial charge on any atom is 0.241 e. The molecule has 126 valence electrons. The van der Waals surface area contributed by atoms with Crippen molar-refractivity contribution >= 4 is 30.7 Å². The van der Waals surface area contributed by atoms with E-state index in [-0.39, 0.29) is 37.3 Å². The number of halogens is 2. The first-order valence-corrected chi connectivity index (χ1v) is 7.00. The van der Waals surface area contributed by atoms with Gasteiger partial charge in [-0.15, -0.1) is 24.8 Å². The van der Waals surface area contributed by atoms with Crippen LogP contribution >= 0.6 is 24.8 Å². The van der Waals surface area contributed by atoms with Gasteiger partial charge in [-0.2, -0.15) is 0 Å². The molecule has 1 aliphatic rings. The zero-order chi connectivity index (χ0) is 14.4. The third-order valence-corrected chi connectivity index (χ3v) is 3.60. The number of methoxy groups -OCH3 is 1. The molecule has 0 bridgehead atoms. The van der Waals surface area contributed by atoms with E-state index in [0.717, 1.165) is 32.7 Å². The van der Waals surface area contributed by atoms with E-state index in [1.54, 1.807) is 7.11 Å². The molecular weight excluding hydrogens is 325 g/mol. The van der Waals surface area contributed by atoms with Crippen molar-refractivity contribution < 1.29 is 9.53 Å². The maximum absolute atomic E-state index is 12.1. The lowest BCUT2D eigenvalue weighted by Crippen LogP contribution is -2.53. The van der Waals surface area contributed by atoms with Crippen LogP contribution in [0.1, 0.15) is 5.56 Å². The monoisotopic (exact) mass is 349 g/mol. The highest BCUT2D eigenvalue weighted by Crippen LogP contribution is 2.09. The van der Waals surface area contributed by atoms with Crippen molar-refractivity contribution in [3.8, 4) is 0 Å². The normalized spacial score (nSPS) is 16.4. The van der Waals surface area contributed by atoms with Crippen LogP contribution in [0.25, 0.3) is 0 Å². The number of benzene rings is 1. The zero-order valence-electron chi connectivity index (χ0n) is 12.8. The van der Waals surface area contributed by atoms with Crippen molar-refractivity contribution in [3.63, 3.8) is 0 Å². The minimum Gasteiger partial charge on any atom is -0.383 e. The number of hydrogen-bond donors (Lipinski definition) is 1. The van der Waals surface area contributed by atoms with Crippen molar-refractivity contribution in [2.45, 2.75) is 12.6 Å². The van der Waals surface area contributed by atoms with Gasteiger partial charge in [0.25, 0.3) is 0 Å². The molecule has 1 heterocycles. The number of carbonyl (C=O) groups excluding carboxylic acids is 1. The SMILES string of the molecule is COCC(N)C(=O)N1CCN(Cc2ccccc2)CC1.Cl.Cl. The van der Waals surface area contributed by atoms with Crippen LogP contribution < -0.4 is 5.73 Å². The Hall–Kier alpha value is -0.850. The van der Waals surface area contributed by atoms with Crippen LogP contribution in [-0.4, -0.2) is 61.6 Å². The fourth-order valence-electron chi connectivity index (χ4n) is 2.45. The Morgan fingerprint density at radius 3 is 2.32 bits per heavy atom. The second kappa shape index (κ2) is 10.8. The van der Waals surface area contributed by atoms with E-state index >= 15 is 0 Å². The van der Waals surface area contributed by atoms with Crippen LogP contribution in [0.5, 0.6) is 0 Å². The molecule has 0 aromatic heterocycles. The van der Waals surface area contributed by atoms with E-state index in [4.69, 9.17) is 10.5 Å². The molecule has 1 unspecified atom stereocenters. The van der Waals surface area contributed by atoms with Gasteiger partial charge in [0, 0.05) is 39.8 Å². The second-order valence-electron chi connectivity index (χ2n) is 5.15. The van der Waals surface area contributed by atoms with Crippen LogP contribution in [-0.2, 0) is 16.1 Å². The van der Waals surface area contributed by atoms with Crippen LogP contribution in [0.2, 0.25) is 0 Å². The van der Waals surface area contributed by atoms with Gasteiger partial charge in [0.05, 0.1) is 6.61 Å². The summed E-state index contributed by atoms with van der Waals surface area (Å²) in [7, 11) is 1.56. The van der Waals surface area contributed by atoms with Gasteiger partial charge >= 0.3 is 0 Å². The fourth-order valence-corrected chi connectivity index (χ4v) is 2.45. The lowest BCUT2D eigenvalue weighted by molar-refractivity contribution is -0.135. The van der Waals surface area contributed by atoms with Crippen molar-refractivity contribution in [1.82, 2.24) is 9.80 Å². The maximum atomic E-state index is 12.1. The molecule has 1 aromatic rings. The molecule has 0 saturated carbocycles. The Morgan fingerprint density at radius 2 is 1.77 bits per heavy atom. The molecule has 2 N–H and O–H groups in total. The van der Waals surface area contributed by atoms with Crippen LogP contribution in [0, 0.1) is 0 Å². The molecule has 5 nitrogen and oxygen atoms in total.